The molecule has 1 saturated carbocycles. The Kier molecular flexibility index (Phi) is 6.23. The third kappa shape index (κ3) is 3.86. The first-order valence-electron chi connectivity index (χ1n) is 4.58. The van der Waals surface area contributed by atoms with Gasteiger partial charge in [-0.2, -0.15) is 0 Å². The molecule has 0 spiro atoms. The van der Waals surface area contributed by atoms with Crippen LogP contribution < -0.4 is 11.1 Å². The van der Waals surface area contributed by atoms with E-state index in [2.05, 4.69) is 5.32 Å². The molecule has 1 fully saturated rings. The summed E-state index contributed by atoms with van der Waals surface area (Å²) in [5, 5.41) is 4.66. The topological polar surface area (TPSA) is 38.0 Å². The molecule has 2 nitrogen and oxygen atoms in total. The lowest BCUT2D eigenvalue weighted by Crippen LogP contribution is -2.30. The number of anilines is 1. The molecule has 3 N–H and O–H groups in total. The van der Waals surface area contributed by atoms with Gasteiger partial charge in [-0.1, -0.05) is 23.2 Å². The highest BCUT2D eigenvalue weighted by Crippen LogP contribution is 2.38. The van der Waals surface area contributed by atoms with E-state index in [1.54, 1.807) is 6.07 Å². The number of rotatable bonds is 3. The molecule has 0 radical (unpaired) electrons. The van der Waals surface area contributed by atoms with E-state index < -0.39 is 0 Å². The maximum atomic E-state index is 5.89. The van der Waals surface area contributed by atoms with Crippen molar-refractivity contribution in [1.29, 1.82) is 0 Å². The molecule has 0 saturated heterocycles. The van der Waals surface area contributed by atoms with Gasteiger partial charge in [-0.25, -0.2) is 0 Å². The Balaban J connectivity index is 0.00000112. The molecule has 0 unspecified atom stereocenters. The first-order chi connectivity index (χ1) is 6.63. The molecule has 6 heteroatoms. The zero-order valence-corrected chi connectivity index (χ0v) is 11.6. The van der Waals surface area contributed by atoms with E-state index in [1.165, 1.54) is 0 Å². The molecule has 0 amide bonds. The van der Waals surface area contributed by atoms with Crippen molar-refractivity contribution in [2.45, 2.75) is 18.4 Å². The molecule has 0 atom stereocenters. The van der Waals surface area contributed by atoms with Gasteiger partial charge in [0.25, 0.3) is 0 Å². The number of hydrogen-bond donors (Lipinski definition) is 2. The summed E-state index contributed by atoms with van der Waals surface area (Å²) in [5.74, 6) is 0. The van der Waals surface area contributed by atoms with Crippen LogP contribution in [0.4, 0.5) is 5.69 Å². The molecular weight excluding hydrogens is 290 g/mol. The van der Waals surface area contributed by atoms with Crippen molar-refractivity contribution < 1.29 is 0 Å². The highest BCUT2D eigenvalue weighted by atomic mass is 35.5. The van der Waals surface area contributed by atoms with Gasteiger partial charge >= 0.3 is 0 Å². The number of nitrogens with one attached hydrogen (secondary N) is 1. The Morgan fingerprint density at radius 2 is 1.62 bits per heavy atom. The van der Waals surface area contributed by atoms with Gasteiger partial charge in [-0.05, 0) is 31.0 Å². The Labute approximate surface area is 118 Å². The second-order valence-electron chi connectivity index (χ2n) is 3.77. The largest absolute Gasteiger partial charge is 0.378 e. The summed E-state index contributed by atoms with van der Waals surface area (Å²) in [4.78, 5) is 0. The van der Waals surface area contributed by atoms with Crippen LogP contribution in [0.15, 0.2) is 18.2 Å². The molecule has 1 aromatic rings. The van der Waals surface area contributed by atoms with E-state index in [0.29, 0.717) is 16.6 Å². The van der Waals surface area contributed by atoms with Crippen LogP contribution in [0.2, 0.25) is 10.0 Å². The predicted octanol–water partition coefficient (Wildman–Crippen LogP) is 3.74. The van der Waals surface area contributed by atoms with Gasteiger partial charge in [-0.15, -0.1) is 24.8 Å². The van der Waals surface area contributed by atoms with Crippen molar-refractivity contribution in [2.24, 2.45) is 5.73 Å². The molecule has 2 rings (SSSR count). The fraction of sp³-hybridized carbons (Fsp3) is 0.400. The van der Waals surface area contributed by atoms with Crippen LogP contribution in [0.1, 0.15) is 12.8 Å². The van der Waals surface area contributed by atoms with E-state index in [4.69, 9.17) is 28.9 Å². The summed E-state index contributed by atoms with van der Waals surface area (Å²) in [5.41, 5.74) is 6.71. The maximum absolute atomic E-state index is 5.89. The smallest absolute Gasteiger partial charge is 0.0497 e. The summed E-state index contributed by atoms with van der Waals surface area (Å²) in [6.07, 6.45) is 2.24. The number of hydrogen-bond acceptors (Lipinski definition) is 2. The molecule has 0 bridgehead atoms. The Bertz CT molecular complexity index is 332. The van der Waals surface area contributed by atoms with Crippen LogP contribution in [-0.2, 0) is 0 Å². The Morgan fingerprint density at radius 1 is 1.12 bits per heavy atom. The lowest BCUT2D eigenvalue weighted by atomic mass is 10.2. The van der Waals surface area contributed by atoms with Gasteiger partial charge in [0.1, 0.15) is 0 Å². The summed E-state index contributed by atoms with van der Waals surface area (Å²) >= 11 is 11.8. The van der Waals surface area contributed by atoms with Crippen molar-refractivity contribution in [3.8, 4) is 0 Å². The van der Waals surface area contributed by atoms with E-state index >= 15 is 0 Å². The van der Waals surface area contributed by atoms with Crippen LogP contribution in [0.5, 0.6) is 0 Å². The van der Waals surface area contributed by atoms with Crippen molar-refractivity contribution in [3.63, 3.8) is 0 Å². The molecular formula is C10H14Cl4N2. The average Bonchev–Trinajstić information content (AvgIpc) is 2.83. The van der Waals surface area contributed by atoms with Crippen LogP contribution in [0.3, 0.4) is 0 Å². The van der Waals surface area contributed by atoms with Gasteiger partial charge in [-0.3, -0.25) is 0 Å². The van der Waals surface area contributed by atoms with E-state index in [-0.39, 0.29) is 30.4 Å². The lowest BCUT2D eigenvalue weighted by Gasteiger charge is -2.16. The third-order valence-electron chi connectivity index (χ3n) is 2.52. The van der Waals surface area contributed by atoms with E-state index in [1.807, 2.05) is 12.1 Å². The predicted molar refractivity (Wildman–Crippen MR) is 75.6 cm³/mol. The summed E-state index contributed by atoms with van der Waals surface area (Å²) in [7, 11) is 0. The highest BCUT2D eigenvalue weighted by molar-refractivity contribution is 6.35. The zero-order valence-electron chi connectivity index (χ0n) is 8.50. The third-order valence-corrected chi connectivity index (χ3v) is 2.95. The zero-order chi connectivity index (χ0) is 10.2. The monoisotopic (exact) mass is 302 g/mol. The van der Waals surface area contributed by atoms with Crippen LogP contribution in [0, 0.1) is 0 Å². The first kappa shape index (κ1) is 16.1. The van der Waals surface area contributed by atoms with Gasteiger partial charge in [0.2, 0.25) is 0 Å². The average molecular weight is 304 g/mol. The Hall–Kier alpha value is 0.140. The van der Waals surface area contributed by atoms with Gasteiger partial charge in [0, 0.05) is 27.8 Å². The summed E-state index contributed by atoms with van der Waals surface area (Å²) < 4.78 is 0. The standard InChI is InChI=1S/C10H12Cl2N2.2ClH/c11-7-3-8(12)5-9(4-7)14-10(6-13)1-2-10;;/h3-5,14H,1-2,6,13H2;2*1H. The second-order valence-corrected chi connectivity index (χ2v) is 4.64. The fourth-order valence-corrected chi connectivity index (χ4v) is 1.99. The second kappa shape index (κ2) is 6.18. The van der Waals surface area contributed by atoms with Gasteiger partial charge in [0.15, 0.2) is 0 Å². The van der Waals surface area contributed by atoms with E-state index in [0.717, 1.165) is 18.5 Å². The number of nitrogens with two attached hydrogens (primary N) is 1. The van der Waals surface area contributed by atoms with Crippen molar-refractivity contribution in [2.75, 3.05) is 11.9 Å². The van der Waals surface area contributed by atoms with Crippen LogP contribution >= 0.6 is 48.0 Å². The molecule has 16 heavy (non-hydrogen) atoms. The van der Waals surface area contributed by atoms with Crippen molar-refractivity contribution in [3.05, 3.63) is 28.2 Å². The maximum Gasteiger partial charge on any atom is 0.0497 e. The SMILES string of the molecule is Cl.Cl.NCC1(Nc2cc(Cl)cc(Cl)c2)CC1. The molecule has 92 valence electrons. The fourth-order valence-electron chi connectivity index (χ4n) is 1.46. The van der Waals surface area contributed by atoms with Crippen molar-refractivity contribution in [1.82, 2.24) is 0 Å². The molecule has 1 aliphatic carbocycles. The molecule has 0 aromatic heterocycles. The first-order valence-corrected chi connectivity index (χ1v) is 5.33. The normalized spacial score (nSPS) is 15.7. The number of halogens is 4. The minimum atomic E-state index is 0. The van der Waals surface area contributed by atoms with E-state index in [9.17, 15) is 0 Å². The quantitative estimate of drug-likeness (QED) is 0.892. The molecule has 1 aliphatic rings. The Morgan fingerprint density at radius 3 is 2.00 bits per heavy atom. The molecule has 0 heterocycles. The minimum absolute atomic E-state index is 0. The van der Waals surface area contributed by atoms with Crippen LogP contribution in [0.25, 0.3) is 0 Å². The minimum Gasteiger partial charge on any atom is -0.378 e. The van der Waals surface area contributed by atoms with Crippen molar-refractivity contribution >= 4 is 53.7 Å². The summed E-state index contributed by atoms with van der Waals surface area (Å²) in [6.45, 7) is 0.650. The molecule has 1 aromatic carbocycles. The summed E-state index contributed by atoms with van der Waals surface area (Å²) in [6, 6.07) is 5.45. The van der Waals surface area contributed by atoms with Gasteiger partial charge in [0.05, 0.1) is 0 Å². The van der Waals surface area contributed by atoms with Crippen LogP contribution in [-0.4, -0.2) is 12.1 Å². The lowest BCUT2D eigenvalue weighted by molar-refractivity contribution is 0.742. The van der Waals surface area contributed by atoms with Gasteiger partial charge < -0.3 is 11.1 Å². The number of benzene rings is 1. The highest BCUT2D eigenvalue weighted by Gasteiger charge is 2.41. The molecule has 0 aliphatic heterocycles.